The predicted octanol–water partition coefficient (Wildman–Crippen LogP) is 4.96. The molecule has 4 rings (SSSR count). The van der Waals surface area contributed by atoms with Gasteiger partial charge in [0.2, 0.25) is 5.88 Å². The molecule has 1 heterocycles. The molecule has 0 bridgehead atoms. The Morgan fingerprint density at radius 2 is 1.94 bits per heavy atom. The molecule has 0 spiro atoms. The summed E-state index contributed by atoms with van der Waals surface area (Å²) in [6.45, 7) is 0.380. The van der Waals surface area contributed by atoms with Crippen molar-refractivity contribution in [3.63, 3.8) is 0 Å². The third kappa shape index (κ3) is 4.03. The standard InChI is InChI=1S/C24H19BrN2O4/c1-29-21-10-15(9-19(25)23(21)30-13-14-5-3-2-4-6-14)22-17-8-7-16(28)11-20(17)31-24(27)18(22)12-26/h2-11,22,28H,13,27H2,1H3/t22-/m1/s1. The minimum Gasteiger partial charge on any atom is -0.508 e. The van der Waals surface area contributed by atoms with E-state index < -0.39 is 5.92 Å². The smallest absolute Gasteiger partial charge is 0.205 e. The van der Waals surface area contributed by atoms with E-state index in [9.17, 15) is 10.4 Å². The zero-order chi connectivity index (χ0) is 22.0. The lowest BCUT2D eigenvalue weighted by atomic mass is 9.83. The van der Waals surface area contributed by atoms with E-state index in [4.69, 9.17) is 19.9 Å². The molecule has 0 saturated heterocycles. The Bertz CT molecular complexity index is 1200. The number of rotatable bonds is 5. The van der Waals surface area contributed by atoms with E-state index in [0.29, 0.717) is 28.3 Å². The predicted molar refractivity (Wildman–Crippen MR) is 119 cm³/mol. The third-order valence-corrected chi connectivity index (χ3v) is 5.60. The SMILES string of the molecule is COc1cc([C@H]2C(C#N)=C(N)Oc3cc(O)ccc32)cc(Br)c1OCc1ccccc1. The summed E-state index contributed by atoms with van der Waals surface area (Å²) < 4.78 is 17.9. The Balaban J connectivity index is 1.76. The first-order valence-corrected chi connectivity index (χ1v) is 10.3. The first-order valence-electron chi connectivity index (χ1n) is 9.46. The number of nitrogens with two attached hydrogens (primary N) is 1. The van der Waals surface area contributed by atoms with Crippen LogP contribution in [-0.4, -0.2) is 12.2 Å². The third-order valence-electron chi connectivity index (χ3n) is 5.01. The highest BCUT2D eigenvalue weighted by Gasteiger charge is 2.32. The second kappa shape index (κ2) is 8.62. The summed E-state index contributed by atoms with van der Waals surface area (Å²) in [5.41, 5.74) is 8.82. The van der Waals surface area contributed by atoms with E-state index in [1.54, 1.807) is 19.2 Å². The van der Waals surface area contributed by atoms with Gasteiger partial charge in [-0.15, -0.1) is 0 Å². The Morgan fingerprint density at radius 3 is 2.65 bits per heavy atom. The highest BCUT2D eigenvalue weighted by atomic mass is 79.9. The molecule has 0 amide bonds. The van der Waals surface area contributed by atoms with Gasteiger partial charge in [-0.1, -0.05) is 36.4 Å². The molecule has 3 aromatic rings. The van der Waals surface area contributed by atoms with Gasteiger partial charge in [0.15, 0.2) is 11.5 Å². The van der Waals surface area contributed by atoms with E-state index in [-0.39, 0.29) is 17.2 Å². The molecule has 0 saturated carbocycles. The van der Waals surface area contributed by atoms with Crippen molar-refractivity contribution >= 4 is 15.9 Å². The number of benzene rings is 3. The summed E-state index contributed by atoms with van der Waals surface area (Å²) in [5.74, 6) is 1.05. The number of nitriles is 1. The van der Waals surface area contributed by atoms with Gasteiger partial charge in [0.1, 0.15) is 29.7 Å². The van der Waals surface area contributed by atoms with E-state index in [1.165, 1.54) is 6.07 Å². The fourth-order valence-corrected chi connectivity index (χ4v) is 4.14. The number of allylic oxidation sites excluding steroid dienone is 1. The molecule has 0 fully saturated rings. The zero-order valence-corrected chi connectivity index (χ0v) is 18.2. The lowest BCUT2D eigenvalue weighted by Crippen LogP contribution is -2.21. The molecule has 1 aliphatic rings. The molecule has 31 heavy (non-hydrogen) atoms. The molecule has 6 nitrogen and oxygen atoms in total. The largest absolute Gasteiger partial charge is 0.508 e. The van der Waals surface area contributed by atoms with Crippen LogP contribution in [0, 0.1) is 11.3 Å². The normalized spacial score (nSPS) is 14.9. The molecule has 7 heteroatoms. The van der Waals surface area contributed by atoms with Gasteiger partial charge in [-0.2, -0.15) is 5.26 Å². The Labute approximate surface area is 188 Å². The van der Waals surface area contributed by atoms with E-state index in [0.717, 1.165) is 16.7 Å². The number of phenolic OH excluding ortho intramolecular Hbond substituents is 1. The van der Waals surface area contributed by atoms with Crippen LogP contribution in [0.1, 0.15) is 22.6 Å². The maximum absolute atomic E-state index is 9.82. The first-order chi connectivity index (χ1) is 15.0. The van der Waals surface area contributed by atoms with Gasteiger partial charge >= 0.3 is 0 Å². The summed E-state index contributed by atoms with van der Waals surface area (Å²) in [6, 6.07) is 20.4. The number of fused-ring (bicyclic) bond motifs is 1. The van der Waals surface area contributed by atoms with Crippen molar-refractivity contribution in [1.29, 1.82) is 5.26 Å². The molecular weight excluding hydrogens is 460 g/mol. The van der Waals surface area contributed by atoms with Crippen LogP contribution in [0.15, 0.2) is 76.6 Å². The summed E-state index contributed by atoms with van der Waals surface area (Å²) in [4.78, 5) is 0. The van der Waals surface area contributed by atoms with E-state index in [2.05, 4.69) is 22.0 Å². The van der Waals surface area contributed by atoms with E-state index >= 15 is 0 Å². The molecule has 0 unspecified atom stereocenters. The fourth-order valence-electron chi connectivity index (χ4n) is 3.56. The summed E-state index contributed by atoms with van der Waals surface area (Å²) in [6.07, 6.45) is 0. The minimum absolute atomic E-state index is 0.00472. The molecule has 0 radical (unpaired) electrons. The van der Waals surface area contributed by atoms with Crippen LogP contribution in [0.25, 0.3) is 0 Å². The molecule has 1 aliphatic heterocycles. The van der Waals surface area contributed by atoms with Gasteiger partial charge in [-0.25, -0.2) is 0 Å². The topological polar surface area (TPSA) is 97.7 Å². The monoisotopic (exact) mass is 478 g/mol. The Morgan fingerprint density at radius 1 is 1.16 bits per heavy atom. The van der Waals surface area contributed by atoms with Gasteiger partial charge in [0, 0.05) is 11.6 Å². The lowest BCUT2D eigenvalue weighted by Gasteiger charge is -2.27. The number of hydrogen-bond donors (Lipinski definition) is 2. The maximum Gasteiger partial charge on any atom is 0.205 e. The van der Waals surface area contributed by atoms with Crippen LogP contribution in [0.4, 0.5) is 0 Å². The van der Waals surface area contributed by atoms with Crippen LogP contribution in [-0.2, 0) is 6.61 Å². The number of ether oxygens (including phenoxy) is 3. The molecule has 0 aromatic heterocycles. The second-order valence-corrected chi connectivity index (χ2v) is 7.81. The minimum atomic E-state index is -0.484. The average Bonchev–Trinajstić information content (AvgIpc) is 2.77. The van der Waals surface area contributed by atoms with Crippen LogP contribution in [0.2, 0.25) is 0 Å². The van der Waals surface area contributed by atoms with Crippen molar-refractivity contribution < 1.29 is 19.3 Å². The molecule has 3 N–H and O–H groups in total. The van der Waals surface area contributed by atoms with Crippen molar-refractivity contribution in [3.8, 4) is 29.1 Å². The highest BCUT2D eigenvalue weighted by molar-refractivity contribution is 9.10. The molecule has 1 atom stereocenters. The van der Waals surface area contributed by atoms with Crippen LogP contribution >= 0.6 is 15.9 Å². The van der Waals surface area contributed by atoms with Gasteiger partial charge in [0.05, 0.1) is 17.5 Å². The van der Waals surface area contributed by atoms with Gasteiger partial charge in [0.25, 0.3) is 0 Å². The number of phenols is 1. The zero-order valence-electron chi connectivity index (χ0n) is 16.6. The number of methoxy groups -OCH3 is 1. The number of hydrogen-bond acceptors (Lipinski definition) is 6. The average molecular weight is 479 g/mol. The van der Waals surface area contributed by atoms with Gasteiger partial charge < -0.3 is 25.1 Å². The van der Waals surface area contributed by atoms with Crippen molar-refractivity contribution in [2.24, 2.45) is 5.73 Å². The maximum atomic E-state index is 9.82. The van der Waals surface area contributed by atoms with Gasteiger partial charge in [-0.3, -0.25) is 0 Å². The Hall–Kier alpha value is -3.63. The van der Waals surface area contributed by atoms with Crippen LogP contribution < -0.4 is 19.9 Å². The number of aromatic hydroxyl groups is 1. The number of nitrogens with zero attached hydrogens (tertiary/aromatic N) is 1. The van der Waals surface area contributed by atoms with Gasteiger partial charge in [-0.05, 0) is 45.3 Å². The van der Waals surface area contributed by atoms with Crippen LogP contribution in [0.3, 0.4) is 0 Å². The molecule has 156 valence electrons. The summed E-state index contributed by atoms with van der Waals surface area (Å²) >= 11 is 3.58. The molecule has 0 aliphatic carbocycles. The molecular formula is C24H19BrN2O4. The summed E-state index contributed by atoms with van der Waals surface area (Å²) in [5, 5.41) is 19.6. The van der Waals surface area contributed by atoms with Crippen molar-refractivity contribution in [2.45, 2.75) is 12.5 Å². The van der Waals surface area contributed by atoms with Crippen LogP contribution in [0.5, 0.6) is 23.0 Å². The highest BCUT2D eigenvalue weighted by Crippen LogP contribution is 2.47. The lowest BCUT2D eigenvalue weighted by molar-refractivity contribution is 0.282. The second-order valence-electron chi connectivity index (χ2n) is 6.96. The Kier molecular flexibility index (Phi) is 5.74. The van der Waals surface area contributed by atoms with Crippen molar-refractivity contribution in [2.75, 3.05) is 7.11 Å². The first kappa shape index (κ1) is 20.6. The van der Waals surface area contributed by atoms with E-state index in [1.807, 2.05) is 42.5 Å². The van der Waals surface area contributed by atoms with Crippen molar-refractivity contribution in [3.05, 3.63) is 93.3 Å². The van der Waals surface area contributed by atoms with Crippen molar-refractivity contribution in [1.82, 2.24) is 0 Å². The quantitative estimate of drug-likeness (QED) is 0.537. The molecule has 3 aromatic carbocycles. The fraction of sp³-hybridized carbons (Fsp3) is 0.125. The summed E-state index contributed by atoms with van der Waals surface area (Å²) in [7, 11) is 1.56. The number of halogens is 1.